The first-order valence-electron chi connectivity index (χ1n) is 7.21. The summed E-state index contributed by atoms with van der Waals surface area (Å²) < 4.78 is 0. The third-order valence-electron chi connectivity index (χ3n) is 3.71. The van der Waals surface area contributed by atoms with Crippen molar-refractivity contribution in [3.63, 3.8) is 0 Å². The lowest BCUT2D eigenvalue weighted by Crippen LogP contribution is -2.40. The Morgan fingerprint density at radius 1 is 1.45 bits per heavy atom. The number of thiophene rings is 1. The van der Waals surface area contributed by atoms with Crippen molar-refractivity contribution in [2.24, 2.45) is 5.92 Å². The van der Waals surface area contributed by atoms with Crippen LogP contribution in [0.5, 0.6) is 0 Å². The zero-order valence-electron chi connectivity index (χ0n) is 11.8. The van der Waals surface area contributed by atoms with E-state index in [1.165, 1.54) is 30.6 Å². The Morgan fingerprint density at radius 2 is 2.25 bits per heavy atom. The summed E-state index contributed by atoms with van der Waals surface area (Å²) in [6, 6.07) is 4.01. The summed E-state index contributed by atoms with van der Waals surface area (Å²) in [7, 11) is 0. The van der Waals surface area contributed by atoms with E-state index in [2.05, 4.69) is 24.1 Å². The quantitative estimate of drug-likeness (QED) is 0.841. The molecule has 2 N–H and O–H groups in total. The zero-order chi connectivity index (χ0) is 14.4. The van der Waals surface area contributed by atoms with Gasteiger partial charge in [-0.1, -0.05) is 31.6 Å². The number of nitrogens with one attached hydrogen (secondary N) is 1. The Labute approximate surface area is 124 Å². The molecular formula is C16H21NO2S. The van der Waals surface area contributed by atoms with Gasteiger partial charge in [0.2, 0.25) is 0 Å². The van der Waals surface area contributed by atoms with E-state index in [1.807, 2.05) is 12.1 Å². The van der Waals surface area contributed by atoms with Gasteiger partial charge in [-0.3, -0.25) is 4.79 Å². The van der Waals surface area contributed by atoms with Crippen LogP contribution in [0.4, 0.5) is 0 Å². The zero-order valence-corrected chi connectivity index (χ0v) is 12.6. The molecule has 4 heteroatoms. The van der Waals surface area contributed by atoms with E-state index >= 15 is 0 Å². The topological polar surface area (TPSA) is 49.3 Å². The Balaban J connectivity index is 1.94. The second-order valence-corrected chi connectivity index (χ2v) is 6.36. The average Bonchev–Trinajstić information content (AvgIpc) is 2.91. The molecule has 1 aliphatic rings. The third-order valence-corrected chi connectivity index (χ3v) is 4.71. The standard InChI is InChI=1S/C16H21NO2S/c1-12-6-2-3-8-14(12)17-16(19)15-10-9-13(20-15)7-4-5-11-18/h9-10,12,14,18H,2-3,5-6,8,11H2,1H3,(H,17,19). The maximum atomic E-state index is 12.2. The number of carbonyl (C=O) groups excluding carboxylic acids is 1. The lowest BCUT2D eigenvalue weighted by atomic mass is 9.86. The van der Waals surface area contributed by atoms with Crippen molar-refractivity contribution in [1.29, 1.82) is 0 Å². The number of rotatable bonds is 3. The average molecular weight is 291 g/mol. The van der Waals surface area contributed by atoms with Gasteiger partial charge < -0.3 is 10.4 Å². The number of hydrogen-bond donors (Lipinski definition) is 2. The molecule has 1 aromatic rings. The van der Waals surface area contributed by atoms with Crippen molar-refractivity contribution < 1.29 is 9.90 Å². The van der Waals surface area contributed by atoms with Crippen molar-refractivity contribution in [2.45, 2.75) is 45.1 Å². The van der Waals surface area contributed by atoms with E-state index in [0.29, 0.717) is 18.4 Å². The number of aliphatic hydroxyl groups is 1. The number of aliphatic hydroxyl groups excluding tert-OH is 1. The summed E-state index contributed by atoms with van der Waals surface area (Å²) in [5.41, 5.74) is 0. The molecule has 0 aromatic carbocycles. The molecule has 1 saturated carbocycles. The molecule has 1 fully saturated rings. The number of hydrogen-bond acceptors (Lipinski definition) is 3. The molecule has 1 aliphatic carbocycles. The lowest BCUT2D eigenvalue weighted by Gasteiger charge is -2.29. The molecule has 0 bridgehead atoms. The molecule has 2 atom stereocenters. The summed E-state index contributed by atoms with van der Waals surface area (Å²) in [4.78, 5) is 13.8. The highest BCUT2D eigenvalue weighted by Crippen LogP contribution is 2.24. The van der Waals surface area contributed by atoms with Crippen LogP contribution in [0, 0.1) is 17.8 Å². The molecule has 2 rings (SSSR count). The van der Waals surface area contributed by atoms with E-state index in [4.69, 9.17) is 5.11 Å². The Hall–Kier alpha value is -1.31. The van der Waals surface area contributed by atoms with Crippen LogP contribution in [-0.2, 0) is 0 Å². The highest BCUT2D eigenvalue weighted by molar-refractivity contribution is 7.14. The van der Waals surface area contributed by atoms with Crippen LogP contribution in [0.2, 0.25) is 0 Å². The van der Waals surface area contributed by atoms with E-state index in [-0.39, 0.29) is 12.5 Å². The first-order chi connectivity index (χ1) is 9.70. The van der Waals surface area contributed by atoms with E-state index in [1.54, 1.807) is 0 Å². The highest BCUT2D eigenvalue weighted by Gasteiger charge is 2.23. The largest absolute Gasteiger partial charge is 0.395 e. The predicted molar refractivity (Wildman–Crippen MR) is 81.8 cm³/mol. The van der Waals surface area contributed by atoms with Crippen molar-refractivity contribution in [3.05, 3.63) is 21.9 Å². The molecule has 1 aromatic heterocycles. The van der Waals surface area contributed by atoms with Crippen LogP contribution < -0.4 is 5.32 Å². The van der Waals surface area contributed by atoms with Gasteiger partial charge in [-0.2, -0.15) is 0 Å². The summed E-state index contributed by atoms with van der Waals surface area (Å²) in [5.74, 6) is 6.42. The van der Waals surface area contributed by atoms with Gasteiger partial charge in [0.15, 0.2) is 0 Å². The second-order valence-electron chi connectivity index (χ2n) is 5.28. The highest BCUT2D eigenvalue weighted by atomic mass is 32.1. The molecule has 2 unspecified atom stereocenters. The fourth-order valence-corrected chi connectivity index (χ4v) is 3.29. The van der Waals surface area contributed by atoms with Crippen LogP contribution in [0.25, 0.3) is 0 Å². The lowest BCUT2D eigenvalue weighted by molar-refractivity contribution is 0.0914. The fraction of sp³-hybridized carbons (Fsp3) is 0.562. The van der Waals surface area contributed by atoms with Crippen molar-refractivity contribution in [2.75, 3.05) is 6.61 Å². The Kier molecular flexibility index (Phi) is 5.63. The monoisotopic (exact) mass is 291 g/mol. The van der Waals surface area contributed by atoms with Gasteiger partial charge in [-0.25, -0.2) is 0 Å². The van der Waals surface area contributed by atoms with Crippen molar-refractivity contribution >= 4 is 17.2 Å². The van der Waals surface area contributed by atoms with Gasteiger partial charge in [0, 0.05) is 12.5 Å². The molecule has 1 heterocycles. The Bertz CT molecular complexity index is 512. The molecule has 0 spiro atoms. The molecular weight excluding hydrogens is 270 g/mol. The molecule has 20 heavy (non-hydrogen) atoms. The first-order valence-corrected chi connectivity index (χ1v) is 8.03. The minimum atomic E-state index is 0.0176. The van der Waals surface area contributed by atoms with Gasteiger partial charge in [0.05, 0.1) is 16.4 Å². The molecule has 108 valence electrons. The summed E-state index contributed by atoms with van der Waals surface area (Å²) in [6.45, 7) is 2.29. The minimum absolute atomic E-state index is 0.0176. The minimum Gasteiger partial charge on any atom is -0.395 e. The number of carbonyl (C=O) groups is 1. The maximum Gasteiger partial charge on any atom is 0.261 e. The van der Waals surface area contributed by atoms with Crippen LogP contribution in [-0.4, -0.2) is 23.7 Å². The smallest absolute Gasteiger partial charge is 0.261 e. The molecule has 1 amide bonds. The summed E-state index contributed by atoms with van der Waals surface area (Å²) in [6.07, 6.45) is 5.24. The molecule has 3 nitrogen and oxygen atoms in total. The van der Waals surface area contributed by atoms with E-state index < -0.39 is 0 Å². The summed E-state index contributed by atoms with van der Waals surface area (Å²) >= 11 is 1.41. The molecule has 0 saturated heterocycles. The van der Waals surface area contributed by atoms with Gasteiger partial charge in [-0.05, 0) is 30.9 Å². The van der Waals surface area contributed by atoms with Gasteiger partial charge >= 0.3 is 0 Å². The van der Waals surface area contributed by atoms with Gasteiger partial charge in [0.1, 0.15) is 0 Å². The van der Waals surface area contributed by atoms with Gasteiger partial charge in [-0.15, -0.1) is 11.3 Å². The van der Waals surface area contributed by atoms with Crippen LogP contribution in [0.15, 0.2) is 12.1 Å². The third kappa shape index (κ3) is 4.09. The molecule has 0 aliphatic heterocycles. The van der Waals surface area contributed by atoms with Gasteiger partial charge in [0.25, 0.3) is 5.91 Å². The van der Waals surface area contributed by atoms with E-state index in [0.717, 1.165) is 16.2 Å². The van der Waals surface area contributed by atoms with Crippen LogP contribution >= 0.6 is 11.3 Å². The predicted octanol–water partition coefficient (Wildman–Crippen LogP) is 2.79. The van der Waals surface area contributed by atoms with Crippen molar-refractivity contribution in [1.82, 2.24) is 5.32 Å². The number of amides is 1. The molecule has 0 radical (unpaired) electrons. The summed E-state index contributed by atoms with van der Waals surface area (Å²) in [5, 5.41) is 11.8. The second kappa shape index (κ2) is 7.47. The fourth-order valence-electron chi connectivity index (χ4n) is 2.50. The van der Waals surface area contributed by atoms with Crippen LogP contribution in [0.3, 0.4) is 0 Å². The maximum absolute atomic E-state index is 12.2. The normalized spacial score (nSPS) is 21.9. The van der Waals surface area contributed by atoms with Crippen molar-refractivity contribution in [3.8, 4) is 11.8 Å². The Morgan fingerprint density at radius 3 is 3.00 bits per heavy atom. The van der Waals surface area contributed by atoms with Crippen LogP contribution in [0.1, 0.15) is 53.6 Å². The van der Waals surface area contributed by atoms with E-state index in [9.17, 15) is 4.79 Å². The first kappa shape index (κ1) is 15.1. The SMILES string of the molecule is CC1CCCCC1NC(=O)c1ccc(C#CCCO)s1.